The van der Waals surface area contributed by atoms with Crippen molar-refractivity contribution in [2.75, 3.05) is 25.0 Å². The van der Waals surface area contributed by atoms with E-state index in [1.165, 1.54) is 12.8 Å². The Morgan fingerprint density at radius 2 is 1.83 bits per heavy atom. The molecule has 3 aliphatic heterocycles. The molecular weight excluding hydrogens is 368 g/mol. The minimum atomic E-state index is -0.941. The van der Waals surface area contributed by atoms with Gasteiger partial charge in [-0.05, 0) is 83.1 Å². The second kappa shape index (κ2) is 8.69. The number of carbonyl (C=O) groups excluding carboxylic acids is 1. The van der Waals surface area contributed by atoms with Gasteiger partial charge in [0.25, 0.3) is 0 Å². The highest BCUT2D eigenvalue weighted by Crippen LogP contribution is 2.38. The quantitative estimate of drug-likeness (QED) is 0.714. The standard InChI is InChI=1S/C22H32N4O3/c1-25-10-8-15(9-11-25)2-6-20(27)16-3-7-21(23-14-16)26-18-4-5-19(26)13-17(12-18)24-22(28)29/h3,7,14-15,17-19,24H,2,4-6,8-13H2,1H3,(H,28,29). The Bertz CT molecular complexity index is 716. The third-order valence-corrected chi connectivity index (χ3v) is 7.01. The Labute approximate surface area is 172 Å². The number of nitrogens with one attached hydrogen (secondary N) is 1. The summed E-state index contributed by atoms with van der Waals surface area (Å²) in [6.45, 7) is 2.27. The molecule has 7 heteroatoms. The van der Waals surface area contributed by atoms with Gasteiger partial charge in [-0.25, -0.2) is 9.78 Å². The molecule has 1 aromatic heterocycles. The summed E-state index contributed by atoms with van der Waals surface area (Å²) in [5.41, 5.74) is 0.705. The smallest absolute Gasteiger partial charge is 0.404 e. The van der Waals surface area contributed by atoms with E-state index >= 15 is 0 Å². The minimum Gasteiger partial charge on any atom is -0.465 e. The topological polar surface area (TPSA) is 85.8 Å². The number of hydrogen-bond acceptors (Lipinski definition) is 5. The molecule has 3 aliphatic rings. The fourth-order valence-corrected chi connectivity index (χ4v) is 5.38. The lowest BCUT2D eigenvalue weighted by Gasteiger charge is -2.39. The third-order valence-electron chi connectivity index (χ3n) is 7.01. The summed E-state index contributed by atoms with van der Waals surface area (Å²) < 4.78 is 0. The van der Waals surface area contributed by atoms with Crippen molar-refractivity contribution in [1.29, 1.82) is 0 Å². The van der Waals surface area contributed by atoms with E-state index in [0.29, 0.717) is 30.0 Å². The summed E-state index contributed by atoms with van der Waals surface area (Å²) in [7, 11) is 2.16. The lowest BCUT2D eigenvalue weighted by Crippen LogP contribution is -2.50. The maximum absolute atomic E-state index is 12.6. The highest BCUT2D eigenvalue weighted by molar-refractivity contribution is 5.95. The van der Waals surface area contributed by atoms with E-state index in [-0.39, 0.29) is 11.8 Å². The summed E-state index contributed by atoms with van der Waals surface area (Å²) in [5, 5.41) is 11.6. The number of nitrogens with zero attached hydrogens (tertiary/aromatic N) is 3. The van der Waals surface area contributed by atoms with Crippen LogP contribution in [0.3, 0.4) is 0 Å². The van der Waals surface area contributed by atoms with Crippen LogP contribution in [0.4, 0.5) is 10.6 Å². The van der Waals surface area contributed by atoms with Gasteiger partial charge in [0, 0.05) is 36.3 Å². The zero-order valence-electron chi connectivity index (χ0n) is 17.2. The second-order valence-corrected chi connectivity index (χ2v) is 9.02. The van der Waals surface area contributed by atoms with Gasteiger partial charge in [-0.3, -0.25) is 4.79 Å². The van der Waals surface area contributed by atoms with Gasteiger partial charge < -0.3 is 20.2 Å². The van der Waals surface area contributed by atoms with Crippen molar-refractivity contribution in [3.8, 4) is 0 Å². The number of fused-ring (bicyclic) bond motifs is 2. The van der Waals surface area contributed by atoms with Gasteiger partial charge in [0.15, 0.2) is 5.78 Å². The Morgan fingerprint density at radius 1 is 1.14 bits per heavy atom. The van der Waals surface area contributed by atoms with Crippen molar-refractivity contribution in [2.45, 2.75) is 69.5 Å². The van der Waals surface area contributed by atoms with E-state index in [2.05, 4.69) is 27.1 Å². The van der Waals surface area contributed by atoms with Crippen molar-refractivity contribution in [3.05, 3.63) is 23.9 Å². The van der Waals surface area contributed by atoms with Crippen LogP contribution in [0.25, 0.3) is 0 Å². The molecule has 2 atom stereocenters. The fourth-order valence-electron chi connectivity index (χ4n) is 5.38. The Kier molecular flexibility index (Phi) is 6.04. The predicted molar refractivity (Wildman–Crippen MR) is 111 cm³/mol. The molecule has 0 aromatic carbocycles. The number of carboxylic acid groups (broad SMARTS) is 1. The van der Waals surface area contributed by atoms with Crippen LogP contribution < -0.4 is 10.2 Å². The van der Waals surface area contributed by atoms with Gasteiger partial charge in [-0.15, -0.1) is 0 Å². The zero-order chi connectivity index (χ0) is 20.4. The number of piperidine rings is 2. The summed E-state index contributed by atoms with van der Waals surface area (Å²) in [4.78, 5) is 32.9. The molecule has 3 saturated heterocycles. The molecular formula is C22H32N4O3. The number of rotatable bonds is 6. The summed E-state index contributed by atoms with van der Waals surface area (Å²) in [6.07, 6.45) is 8.53. The molecule has 3 fully saturated rings. The van der Waals surface area contributed by atoms with Crippen LogP contribution in [0.2, 0.25) is 0 Å². The molecule has 4 rings (SSSR count). The number of amides is 1. The van der Waals surface area contributed by atoms with Crippen molar-refractivity contribution >= 4 is 17.7 Å². The molecule has 7 nitrogen and oxygen atoms in total. The van der Waals surface area contributed by atoms with E-state index in [0.717, 1.165) is 51.0 Å². The van der Waals surface area contributed by atoms with Crippen LogP contribution in [0, 0.1) is 5.92 Å². The predicted octanol–water partition coefficient (Wildman–Crippen LogP) is 3.15. The van der Waals surface area contributed by atoms with Crippen LogP contribution >= 0.6 is 0 Å². The number of anilines is 1. The number of likely N-dealkylation sites (tertiary alicyclic amines) is 1. The summed E-state index contributed by atoms with van der Waals surface area (Å²) in [6, 6.07) is 4.56. The third kappa shape index (κ3) is 4.71. The van der Waals surface area contributed by atoms with E-state index < -0.39 is 6.09 Å². The number of pyridine rings is 1. The maximum atomic E-state index is 12.6. The molecule has 4 heterocycles. The number of hydrogen-bond donors (Lipinski definition) is 2. The first-order chi connectivity index (χ1) is 14.0. The van der Waals surface area contributed by atoms with Gasteiger partial charge >= 0.3 is 6.09 Å². The molecule has 1 aromatic rings. The van der Waals surface area contributed by atoms with Crippen LogP contribution in [0.15, 0.2) is 18.3 Å². The fraction of sp³-hybridized carbons (Fsp3) is 0.682. The lowest BCUT2D eigenvalue weighted by atomic mass is 9.91. The monoisotopic (exact) mass is 400 g/mol. The minimum absolute atomic E-state index is 0.0293. The SMILES string of the molecule is CN1CCC(CCC(=O)c2ccc(N3C4CCC3CC(NC(=O)O)C4)nc2)CC1. The molecule has 0 radical (unpaired) electrons. The molecule has 2 N–H and O–H groups in total. The lowest BCUT2D eigenvalue weighted by molar-refractivity contribution is 0.0965. The number of carbonyl (C=O) groups is 2. The summed E-state index contributed by atoms with van der Waals surface area (Å²) in [5.74, 6) is 1.77. The maximum Gasteiger partial charge on any atom is 0.404 e. The first kappa shape index (κ1) is 20.1. The van der Waals surface area contributed by atoms with Gasteiger partial charge in [-0.1, -0.05) is 0 Å². The molecule has 0 aliphatic carbocycles. The van der Waals surface area contributed by atoms with Crippen molar-refractivity contribution in [1.82, 2.24) is 15.2 Å². The number of Topliss-reactive ketones (excluding diaryl/α,β-unsaturated/α-hetero) is 1. The van der Waals surface area contributed by atoms with Gasteiger partial charge in [0.2, 0.25) is 0 Å². The zero-order valence-corrected chi connectivity index (χ0v) is 17.2. The van der Waals surface area contributed by atoms with E-state index in [1.54, 1.807) is 6.20 Å². The number of aromatic nitrogens is 1. The van der Waals surface area contributed by atoms with Crippen molar-refractivity contribution in [2.24, 2.45) is 5.92 Å². The Balaban J connectivity index is 1.32. The molecule has 0 spiro atoms. The van der Waals surface area contributed by atoms with E-state index in [9.17, 15) is 9.59 Å². The van der Waals surface area contributed by atoms with Gasteiger partial charge in [0.05, 0.1) is 0 Å². The summed E-state index contributed by atoms with van der Waals surface area (Å²) >= 11 is 0. The second-order valence-electron chi connectivity index (χ2n) is 9.02. The highest BCUT2D eigenvalue weighted by atomic mass is 16.4. The van der Waals surface area contributed by atoms with E-state index in [1.807, 2.05) is 12.1 Å². The molecule has 2 bridgehead atoms. The van der Waals surface area contributed by atoms with E-state index in [4.69, 9.17) is 5.11 Å². The molecule has 1 amide bonds. The van der Waals surface area contributed by atoms with Crippen LogP contribution in [0.1, 0.15) is 61.7 Å². The molecule has 29 heavy (non-hydrogen) atoms. The first-order valence-corrected chi connectivity index (χ1v) is 10.9. The molecule has 158 valence electrons. The normalized spacial score (nSPS) is 27.8. The van der Waals surface area contributed by atoms with Crippen LogP contribution in [-0.2, 0) is 0 Å². The number of ketones is 1. The Hall–Kier alpha value is -2.15. The van der Waals surface area contributed by atoms with Crippen molar-refractivity contribution < 1.29 is 14.7 Å². The van der Waals surface area contributed by atoms with Crippen LogP contribution in [-0.4, -0.2) is 65.1 Å². The average Bonchev–Trinajstić information content (AvgIpc) is 2.97. The highest BCUT2D eigenvalue weighted by Gasteiger charge is 2.41. The van der Waals surface area contributed by atoms with Crippen LogP contribution in [0.5, 0.6) is 0 Å². The molecule has 0 saturated carbocycles. The first-order valence-electron chi connectivity index (χ1n) is 10.9. The average molecular weight is 401 g/mol. The van der Waals surface area contributed by atoms with Gasteiger partial charge in [0.1, 0.15) is 5.82 Å². The largest absolute Gasteiger partial charge is 0.465 e. The molecule has 2 unspecified atom stereocenters. The van der Waals surface area contributed by atoms with Gasteiger partial charge in [-0.2, -0.15) is 0 Å². The Morgan fingerprint density at radius 3 is 2.41 bits per heavy atom. The van der Waals surface area contributed by atoms with Crippen molar-refractivity contribution in [3.63, 3.8) is 0 Å².